The summed E-state index contributed by atoms with van der Waals surface area (Å²) in [6, 6.07) is 9.78. The van der Waals surface area contributed by atoms with Crippen LogP contribution in [0.3, 0.4) is 0 Å². The zero-order valence-corrected chi connectivity index (χ0v) is 12.7. The van der Waals surface area contributed by atoms with Gasteiger partial charge in [0.2, 0.25) is 0 Å². The first kappa shape index (κ1) is 14.6. The fourth-order valence-electron chi connectivity index (χ4n) is 2.83. The summed E-state index contributed by atoms with van der Waals surface area (Å²) in [4.78, 5) is 0. The van der Waals surface area contributed by atoms with E-state index in [1.165, 1.54) is 42.1 Å². The smallest absolute Gasteiger partial charge is 0.0483 e. The molecule has 1 aliphatic carbocycles. The Balaban J connectivity index is 1.59. The molecule has 21 heavy (non-hydrogen) atoms. The maximum absolute atomic E-state index is 8.80. The Morgan fingerprint density at radius 1 is 1.10 bits per heavy atom. The van der Waals surface area contributed by atoms with Gasteiger partial charge in [-0.2, -0.15) is 0 Å². The molecule has 0 radical (unpaired) electrons. The van der Waals surface area contributed by atoms with Gasteiger partial charge < -0.3 is 15.0 Å². The van der Waals surface area contributed by atoms with Crippen molar-refractivity contribution in [2.75, 3.05) is 6.61 Å². The number of aliphatic hydroxyl groups is 1. The SMILES string of the molecule is OCCCCCCn1ccc2ccc(CNC3CC3)cc21. The third kappa shape index (κ3) is 4.08. The van der Waals surface area contributed by atoms with Gasteiger partial charge in [0, 0.05) is 37.5 Å². The molecular formula is C18H26N2O. The molecule has 0 amide bonds. The van der Waals surface area contributed by atoms with Crippen LogP contribution in [0.1, 0.15) is 44.1 Å². The van der Waals surface area contributed by atoms with Crippen molar-refractivity contribution in [2.24, 2.45) is 0 Å². The zero-order chi connectivity index (χ0) is 14.5. The average molecular weight is 286 g/mol. The first-order valence-electron chi connectivity index (χ1n) is 8.29. The lowest BCUT2D eigenvalue weighted by Gasteiger charge is -2.08. The number of unbranched alkanes of at least 4 members (excludes halogenated alkanes) is 3. The molecule has 1 heterocycles. The number of aryl methyl sites for hydroxylation is 1. The molecule has 3 nitrogen and oxygen atoms in total. The minimum absolute atomic E-state index is 0.323. The molecule has 3 rings (SSSR count). The molecule has 0 bridgehead atoms. The molecule has 3 heteroatoms. The normalized spacial score (nSPS) is 14.9. The van der Waals surface area contributed by atoms with E-state index in [0.29, 0.717) is 6.61 Å². The Hall–Kier alpha value is -1.32. The van der Waals surface area contributed by atoms with E-state index in [9.17, 15) is 0 Å². The molecule has 0 spiro atoms. The third-order valence-corrected chi connectivity index (χ3v) is 4.32. The number of hydrogen-bond acceptors (Lipinski definition) is 2. The third-order valence-electron chi connectivity index (χ3n) is 4.32. The minimum Gasteiger partial charge on any atom is -0.396 e. The number of hydrogen-bond donors (Lipinski definition) is 2. The maximum atomic E-state index is 8.80. The molecule has 1 fully saturated rings. The summed E-state index contributed by atoms with van der Waals surface area (Å²) in [5.41, 5.74) is 2.74. The van der Waals surface area contributed by atoms with Crippen molar-refractivity contribution in [2.45, 2.75) is 57.7 Å². The second-order valence-corrected chi connectivity index (χ2v) is 6.20. The van der Waals surface area contributed by atoms with Crippen LogP contribution in [0.4, 0.5) is 0 Å². The maximum Gasteiger partial charge on any atom is 0.0483 e. The number of nitrogens with zero attached hydrogens (tertiary/aromatic N) is 1. The van der Waals surface area contributed by atoms with Gasteiger partial charge >= 0.3 is 0 Å². The summed E-state index contributed by atoms with van der Waals surface area (Å²) in [6.45, 7) is 2.39. The van der Waals surface area contributed by atoms with E-state index in [1.54, 1.807) is 0 Å². The van der Waals surface area contributed by atoms with Gasteiger partial charge in [-0.25, -0.2) is 0 Å². The number of benzene rings is 1. The quantitative estimate of drug-likeness (QED) is 0.693. The Labute approximate surface area is 127 Å². The summed E-state index contributed by atoms with van der Waals surface area (Å²) in [7, 11) is 0. The summed E-state index contributed by atoms with van der Waals surface area (Å²) in [5, 5.41) is 13.7. The zero-order valence-electron chi connectivity index (χ0n) is 12.7. The van der Waals surface area contributed by atoms with Crippen molar-refractivity contribution in [1.82, 2.24) is 9.88 Å². The predicted molar refractivity (Wildman–Crippen MR) is 87.4 cm³/mol. The highest BCUT2D eigenvalue weighted by Crippen LogP contribution is 2.21. The minimum atomic E-state index is 0.323. The second kappa shape index (κ2) is 7.10. The largest absolute Gasteiger partial charge is 0.396 e. The lowest BCUT2D eigenvalue weighted by atomic mass is 10.1. The van der Waals surface area contributed by atoms with Crippen LogP contribution < -0.4 is 5.32 Å². The number of aromatic nitrogens is 1. The van der Waals surface area contributed by atoms with Gasteiger partial charge in [0.15, 0.2) is 0 Å². The Morgan fingerprint density at radius 2 is 1.95 bits per heavy atom. The van der Waals surface area contributed by atoms with E-state index < -0.39 is 0 Å². The number of fused-ring (bicyclic) bond motifs is 1. The Bertz CT molecular complexity index is 572. The predicted octanol–water partition coefficient (Wildman–Crippen LogP) is 3.45. The summed E-state index contributed by atoms with van der Waals surface area (Å²) in [6.07, 6.45) is 9.33. The molecule has 1 aromatic carbocycles. The van der Waals surface area contributed by atoms with Gasteiger partial charge in [-0.05, 0) is 48.8 Å². The molecule has 1 aromatic heterocycles. The lowest BCUT2D eigenvalue weighted by Crippen LogP contribution is -2.15. The fourth-order valence-corrected chi connectivity index (χ4v) is 2.83. The van der Waals surface area contributed by atoms with E-state index in [-0.39, 0.29) is 0 Å². The van der Waals surface area contributed by atoms with E-state index in [1.807, 2.05) is 0 Å². The van der Waals surface area contributed by atoms with Gasteiger partial charge in [-0.1, -0.05) is 25.0 Å². The van der Waals surface area contributed by atoms with Crippen LogP contribution in [-0.2, 0) is 13.1 Å². The summed E-state index contributed by atoms with van der Waals surface area (Å²) in [5.74, 6) is 0. The van der Waals surface area contributed by atoms with Crippen molar-refractivity contribution in [3.8, 4) is 0 Å². The Morgan fingerprint density at radius 3 is 2.76 bits per heavy atom. The Kier molecular flexibility index (Phi) is 4.94. The topological polar surface area (TPSA) is 37.2 Å². The van der Waals surface area contributed by atoms with Gasteiger partial charge in [-0.3, -0.25) is 0 Å². The first-order valence-corrected chi connectivity index (χ1v) is 8.29. The van der Waals surface area contributed by atoms with Crippen LogP contribution >= 0.6 is 0 Å². The van der Waals surface area contributed by atoms with E-state index in [2.05, 4.69) is 40.3 Å². The summed E-state index contributed by atoms with van der Waals surface area (Å²) < 4.78 is 2.37. The second-order valence-electron chi connectivity index (χ2n) is 6.20. The molecule has 0 atom stereocenters. The highest BCUT2D eigenvalue weighted by molar-refractivity contribution is 5.80. The summed E-state index contributed by atoms with van der Waals surface area (Å²) >= 11 is 0. The van der Waals surface area contributed by atoms with Crippen molar-refractivity contribution in [3.63, 3.8) is 0 Å². The molecule has 2 aromatic rings. The molecule has 114 valence electrons. The van der Waals surface area contributed by atoms with Gasteiger partial charge in [-0.15, -0.1) is 0 Å². The van der Waals surface area contributed by atoms with Crippen molar-refractivity contribution < 1.29 is 5.11 Å². The van der Waals surface area contributed by atoms with Crippen LogP contribution in [0.5, 0.6) is 0 Å². The van der Waals surface area contributed by atoms with E-state index in [4.69, 9.17) is 5.11 Å². The van der Waals surface area contributed by atoms with Crippen molar-refractivity contribution in [1.29, 1.82) is 0 Å². The lowest BCUT2D eigenvalue weighted by molar-refractivity contribution is 0.282. The number of nitrogens with one attached hydrogen (secondary N) is 1. The number of rotatable bonds is 9. The number of aliphatic hydroxyl groups excluding tert-OH is 1. The molecule has 0 saturated heterocycles. The highest BCUT2D eigenvalue weighted by atomic mass is 16.2. The molecular weight excluding hydrogens is 260 g/mol. The van der Waals surface area contributed by atoms with Crippen LogP contribution in [0.2, 0.25) is 0 Å². The van der Waals surface area contributed by atoms with Crippen molar-refractivity contribution >= 4 is 10.9 Å². The van der Waals surface area contributed by atoms with Crippen molar-refractivity contribution in [3.05, 3.63) is 36.0 Å². The molecule has 0 unspecified atom stereocenters. The van der Waals surface area contributed by atoms with E-state index >= 15 is 0 Å². The highest BCUT2D eigenvalue weighted by Gasteiger charge is 2.19. The van der Waals surface area contributed by atoms with Crippen LogP contribution in [0.25, 0.3) is 10.9 Å². The standard InChI is InChI=1S/C18H26N2O/c21-12-4-2-1-3-10-20-11-9-16-6-5-15(13-18(16)20)14-19-17-7-8-17/h5-6,9,11,13,17,19,21H,1-4,7-8,10,12,14H2. The van der Waals surface area contributed by atoms with Crippen LogP contribution in [0, 0.1) is 0 Å². The van der Waals surface area contributed by atoms with Crippen LogP contribution in [0.15, 0.2) is 30.5 Å². The van der Waals surface area contributed by atoms with Gasteiger partial charge in [0.1, 0.15) is 0 Å². The molecule has 0 aliphatic heterocycles. The molecule has 1 aliphatic rings. The average Bonchev–Trinajstić information content (AvgIpc) is 3.25. The van der Waals surface area contributed by atoms with Gasteiger partial charge in [0.05, 0.1) is 0 Å². The van der Waals surface area contributed by atoms with Crippen LogP contribution in [-0.4, -0.2) is 22.3 Å². The monoisotopic (exact) mass is 286 g/mol. The van der Waals surface area contributed by atoms with Gasteiger partial charge in [0.25, 0.3) is 0 Å². The molecule has 1 saturated carbocycles. The molecule has 2 N–H and O–H groups in total. The fraction of sp³-hybridized carbons (Fsp3) is 0.556. The van der Waals surface area contributed by atoms with E-state index in [0.717, 1.165) is 32.0 Å². The first-order chi connectivity index (χ1) is 10.4.